The van der Waals surface area contributed by atoms with Crippen LogP contribution < -0.4 is 5.32 Å². The van der Waals surface area contributed by atoms with Crippen LogP contribution in [0.25, 0.3) is 0 Å². The van der Waals surface area contributed by atoms with E-state index in [2.05, 4.69) is 5.32 Å². The maximum Gasteiger partial charge on any atom is 0.228 e. The summed E-state index contributed by atoms with van der Waals surface area (Å²) >= 11 is 1.54. The molecule has 0 spiro atoms. The SMILES string of the molecule is Cc1c(F)cccc1NC(=O)C[C@@H]1COCCN1C(=O)Cc1cccs1. The van der Waals surface area contributed by atoms with E-state index in [-0.39, 0.29) is 30.1 Å². The van der Waals surface area contributed by atoms with Crippen molar-refractivity contribution in [3.63, 3.8) is 0 Å². The summed E-state index contributed by atoms with van der Waals surface area (Å²) in [6.07, 6.45) is 0.449. The van der Waals surface area contributed by atoms with Gasteiger partial charge in [0.25, 0.3) is 0 Å². The highest BCUT2D eigenvalue weighted by molar-refractivity contribution is 7.10. The van der Waals surface area contributed by atoms with E-state index in [1.165, 1.54) is 6.07 Å². The summed E-state index contributed by atoms with van der Waals surface area (Å²) < 4.78 is 19.1. The Morgan fingerprint density at radius 3 is 2.96 bits per heavy atom. The molecule has 1 aromatic heterocycles. The first kappa shape index (κ1) is 18.5. The van der Waals surface area contributed by atoms with E-state index in [1.54, 1.807) is 35.3 Å². The van der Waals surface area contributed by atoms with E-state index < -0.39 is 0 Å². The number of benzene rings is 1. The maximum atomic E-state index is 13.6. The number of amides is 2. The summed E-state index contributed by atoms with van der Waals surface area (Å²) in [4.78, 5) is 27.7. The summed E-state index contributed by atoms with van der Waals surface area (Å²) in [7, 11) is 0. The van der Waals surface area contributed by atoms with E-state index in [9.17, 15) is 14.0 Å². The van der Waals surface area contributed by atoms with Crippen LogP contribution in [-0.4, -0.2) is 42.5 Å². The van der Waals surface area contributed by atoms with Gasteiger partial charge in [-0.2, -0.15) is 0 Å². The molecule has 0 unspecified atom stereocenters. The molecule has 26 heavy (non-hydrogen) atoms. The molecule has 5 nitrogen and oxygen atoms in total. The fourth-order valence-electron chi connectivity index (χ4n) is 2.97. The first-order chi connectivity index (χ1) is 12.5. The van der Waals surface area contributed by atoms with Crippen LogP contribution in [0.4, 0.5) is 10.1 Å². The van der Waals surface area contributed by atoms with Gasteiger partial charge in [-0.3, -0.25) is 9.59 Å². The summed E-state index contributed by atoms with van der Waals surface area (Å²) in [5, 5.41) is 4.67. The normalized spacial score (nSPS) is 17.2. The topological polar surface area (TPSA) is 58.6 Å². The van der Waals surface area contributed by atoms with E-state index >= 15 is 0 Å². The molecule has 138 valence electrons. The number of ether oxygens (including phenoxy) is 1. The lowest BCUT2D eigenvalue weighted by Gasteiger charge is -2.35. The van der Waals surface area contributed by atoms with Crippen molar-refractivity contribution < 1.29 is 18.7 Å². The second kappa shape index (κ2) is 8.42. The number of hydrogen-bond acceptors (Lipinski definition) is 4. The average Bonchev–Trinajstić information content (AvgIpc) is 3.12. The van der Waals surface area contributed by atoms with Crippen LogP contribution in [0.1, 0.15) is 16.9 Å². The molecule has 1 aliphatic heterocycles. The smallest absolute Gasteiger partial charge is 0.228 e. The predicted octanol–water partition coefficient (Wildman–Crippen LogP) is 2.99. The average molecular weight is 376 g/mol. The minimum Gasteiger partial charge on any atom is -0.377 e. The monoisotopic (exact) mass is 376 g/mol. The first-order valence-electron chi connectivity index (χ1n) is 8.49. The van der Waals surface area contributed by atoms with Crippen LogP contribution in [0.3, 0.4) is 0 Å². The summed E-state index contributed by atoms with van der Waals surface area (Å²) in [6, 6.07) is 8.10. The minimum atomic E-state index is -0.364. The molecule has 1 N–H and O–H groups in total. The van der Waals surface area contributed by atoms with E-state index in [4.69, 9.17) is 4.74 Å². The highest BCUT2D eigenvalue weighted by Gasteiger charge is 2.29. The Bertz CT molecular complexity index is 779. The van der Waals surface area contributed by atoms with Crippen molar-refractivity contribution in [1.29, 1.82) is 0 Å². The number of carbonyl (C=O) groups is 2. The van der Waals surface area contributed by atoms with Gasteiger partial charge in [-0.15, -0.1) is 11.3 Å². The molecule has 1 fully saturated rings. The van der Waals surface area contributed by atoms with Crippen molar-refractivity contribution in [3.05, 3.63) is 52.0 Å². The van der Waals surface area contributed by atoms with Crippen LogP contribution in [-0.2, 0) is 20.7 Å². The Morgan fingerprint density at radius 1 is 1.35 bits per heavy atom. The van der Waals surface area contributed by atoms with Gasteiger partial charge < -0.3 is 15.0 Å². The van der Waals surface area contributed by atoms with Gasteiger partial charge in [0.1, 0.15) is 5.82 Å². The van der Waals surface area contributed by atoms with E-state index in [1.807, 2.05) is 17.5 Å². The zero-order chi connectivity index (χ0) is 18.5. The lowest BCUT2D eigenvalue weighted by Crippen LogP contribution is -2.50. The number of thiophene rings is 1. The molecule has 2 heterocycles. The third kappa shape index (κ3) is 4.47. The molecule has 2 aromatic rings. The molecule has 0 aliphatic carbocycles. The standard InChI is InChI=1S/C19H21FN2O3S/c1-13-16(20)5-2-6-17(13)21-18(23)10-14-12-25-8-7-22(14)19(24)11-15-4-3-9-26-15/h2-6,9,14H,7-8,10-12H2,1H3,(H,21,23)/t14-/m1/s1. The van der Waals surface area contributed by atoms with Crippen LogP contribution in [0, 0.1) is 12.7 Å². The molecular formula is C19H21FN2O3S. The van der Waals surface area contributed by atoms with Gasteiger partial charge >= 0.3 is 0 Å². The van der Waals surface area contributed by atoms with Gasteiger partial charge in [-0.05, 0) is 30.5 Å². The van der Waals surface area contributed by atoms with Crippen molar-refractivity contribution in [2.24, 2.45) is 0 Å². The molecule has 1 atom stereocenters. The molecule has 1 aromatic carbocycles. The largest absolute Gasteiger partial charge is 0.377 e. The molecule has 1 saturated heterocycles. The van der Waals surface area contributed by atoms with Crippen LogP contribution in [0.2, 0.25) is 0 Å². The maximum absolute atomic E-state index is 13.6. The van der Waals surface area contributed by atoms with Crippen molar-refractivity contribution in [2.75, 3.05) is 25.1 Å². The Hall–Kier alpha value is -2.25. The van der Waals surface area contributed by atoms with Crippen LogP contribution in [0.15, 0.2) is 35.7 Å². The fraction of sp³-hybridized carbons (Fsp3) is 0.368. The lowest BCUT2D eigenvalue weighted by molar-refractivity contribution is -0.140. The number of nitrogens with one attached hydrogen (secondary N) is 1. The number of hydrogen-bond donors (Lipinski definition) is 1. The Morgan fingerprint density at radius 2 is 2.19 bits per heavy atom. The lowest BCUT2D eigenvalue weighted by atomic mass is 10.1. The summed E-state index contributed by atoms with van der Waals surface area (Å²) in [5.41, 5.74) is 0.842. The van der Waals surface area contributed by atoms with Crippen LogP contribution >= 0.6 is 11.3 Å². The van der Waals surface area contributed by atoms with Gasteiger partial charge in [0, 0.05) is 29.1 Å². The highest BCUT2D eigenvalue weighted by atomic mass is 32.1. The van der Waals surface area contributed by atoms with Gasteiger partial charge in [-0.1, -0.05) is 12.1 Å². The molecular weight excluding hydrogens is 355 g/mol. The van der Waals surface area contributed by atoms with E-state index in [0.29, 0.717) is 37.4 Å². The molecule has 1 aliphatic rings. The number of carbonyl (C=O) groups excluding carboxylic acids is 2. The highest BCUT2D eigenvalue weighted by Crippen LogP contribution is 2.20. The van der Waals surface area contributed by atoms with Crippen molar-refractivity contribution in [1.82, 2.24) is 4.90 Å². The van der Waals surface area contributed by atoms with Crippen molar-refractivity contribution >= 4 is 28.8 Å². The summed E-state index contributed by atoms with van der Waals surface area (Å²) in [5.74, 6) is -0.629. The third-order valence-electron chi connectivity index (χ3n) is 4.42. The Balaban J connectivity index is 1.63. The number of morpholine rings is 1. The number of nitrogens with zero attached hydrogens (tertiary/aromatic N) is 1. The molecule has 7 heteroatoms. The first-order valence-corrected chi connectivity index (χ1v) is 9.37. The quantitative estimate of drug-likeness (QED) is 0.873. The zero-order valence-electron chi connectivity index (χ0n) is 14.5. The molecule has 3 rings (SSSR count). The van der Waals surface area contributed by atoms with E-state index in [0.717, 1.165) is 4.88 Å². The Kier molecular flexibility index (Phi) is 6.00. The van der Waals surface area contributed by atoms with Gasteiger partial charge in [0.05, 0.1) is 25.7 Å². The van der Waals surface area contributed by atoms with Gasteiger partial charge in [0.2, 0.25) is 11.8 Å². The summed E-state index contributed by atoms with van der Waals surface area (Å²) in [6.45, 7) is 2.88. The minimum absolute atomic E-state index is 0.00418. The van der Waals surface area contributed by atoms with Gasteiger partial charge in [-0.25, -0.2) is 4.39 Å². The molecule has 2 amide bonds. The molecule has 0 saturated carbocycles. The zero-order valence-corrected chi connectivity index (χ0v) is 15.4. The third-order valence-corrected chi connectivity index (χ3v) is 5.29. The number of anilines is 1. The molecule has 0 bridgehead atoms. The Labute approximate surface area is 155 Å². The van der Waals surface area contributed by atoms with Gasteiger partial charge in [0.15, 0.2) is 0 Å². The number of halogens is 1. The van der Waals surface area contributed by atoms with Crippen LogP contribution in [0.5, 0.6) is 0 Å². The predicted molar refractivity (Wildman–Crippen MR) is 98.7 cm³/mol. The fourth-order valence-corrected chi connectivity index (χ4v) is 3.67. The molecule has 0 radical (unpaired) electrons. The second-order valence-corrected chi connectivity index (χ2v) is 7.27. The van der Waals surface area contributed by atoms with Crippen molar-refractivity contribution in [3.8, 4) is 0 Å². The second-order valence-electron chi connectivity index (χ2n) is 6.24. The number of rotatable bonds is 5. The van der Waals surface area contributed by atoms with Crippen molar-refractivity contribution in [2.45, 2.75) is 25.8 Å².